The Bertz CT molecular complexity index is 300. The van der Waals surface area contributed by atoms with Gasteiger partial charge in [0.2, 0.25) is 0 Å². The minimum atomic E-state index is 0.309. The van der Waals surface area contributed by atoms with Crippen LogP contribution in [0.1, 0.15) is 65.2 Å². The zero-order chi connectivity index (χ0) is 14.0. The van der Waals surface area contributed by atoms with Gasteiger partial charge in [-0.15, -0.1) is 0 Å². The average molecular weight is 280 g/mol. The highest BCUT2D eigenvalue weighted by molar-refractivity contribution is 5.03. The molecule has 3 nitrogen and oxygen atoms in total. The molecule has 0 amide bonds. The third-order valence-electron chi connectivity index (χ3n) is 5.70. The lowest BCUT2D eigenvalue weighted by atomic mass is 9.76. The van der Waals surface area contributed by atoms with Crippen LogP contribution in [0.4, 0.5) is 0 Å². The minimum Gasteiger partial charge on any atom is -0.380 e. The predicted molar refractivity (Wildman–Crippen MR) is 83.0 cm³/mol. The van der Waals surface area contributed by atoms with E-state index in [9.17, 15) is 0 Å². The van der Waals surface area contributed by atoms with E-state index in [2.05, 4.69) is 24.1 Å². The van der Waals surface area contributed by atoms with Crippen LogP contribution in [0.25, 0.3) is 0 Å². The second kappa shape index (κ2) is 6.33. The van der Waals surface area contributed by atoms with Crippen LogP contribution in [0.2, 0.25) is 0 Å². The van der Waals surface area contributed by atoms with Gasteiger partial charge in [-0.25, -0.2) is 0 Å². The predicted octanol–water partition coefficient (Wildman–Crippen LogP) is 2.94. The first-order valence-electron chi connectivity index (χ1n) is 8.82. The van der Waals surface area contributed by atoms with Gasteiger partial charge in [0, 0.05) is 30.3 Å². The van der Waals surface area contributed by atoms with Gasteiger partial charge in [0.1, 0.15) is 0 Å². The van der Waals surface area contributed by atoms with Gasteiger partial charge < -0.3 is 10.1 Å². The fourth-order valence-electron chi connectivity index (χ4n) is 4.90. The second-order valence-electron chi connectivity index (χ2n) is 7.42. The van der Waals surface area contributed by atoms with Crippen molar-refractivity contribution < 1.29 is 4.74 Å². The monoisotopic (exact) mass is 280 g/mol. The third kappa shape index (κ3) is 2.90. The van der Waals surface area contributed by atoms with E-state index in [4.69, 9.17) is 4.74 Å². The molecule has 3 rings (SSSR count). The first-order valence-corrected chi connectivity index (χ1v) is 8.82. The maximum absolute atomic E-state index is 5.84. The Hall–Kier alpha value is -0.120. The molecule has 0 aliphatic carbocycles. The fourth-order valence-corrected chi connectivity index (χ4v) is 4.90. The van der Waals surface area contributed by atoms with Crippen LogP contribution >= 0.6 is 0 Å². The summed E-state index contributed by atoms with van der Waals surface area (Å²) in [7, 11) is 0. The van der Waals surface area contributed by atoms with E-state index in [1.807, 2.05) is 0 Å². The third-order valence-corrected chi connectivity index (χ3v) is 5.70. The molecule has 2 bridgehead atoms. The lowest BCUT2D eigenvalue weighted by Crippen LogP contribution is -2.66. The lowest BCUT2D eigenvalue weighted by molar-refractivity contribution is -0.112. The van der Waals surface area contributed by atoms with Crippen LogP contribution in [-0.4, -0.2) is 48.3 Å². The first-order chi connectivity index (χ1) is 9.73. The summed E-state index contributed by atoms with van der Waals surface area (Å²) in [5.41, 5.74) is 0.309. The van der Waals surface area contributed by atoms with E-state index in [1.165, 1.54) is 57.9 Å². The quantitative estimate of drug-likeness (QED) is 0.857. The second-order valence-corrected chi connectivity index (χ2v) is 7.42. The number of nitrogens with zero attached hydrogens (tertiary/aromatic N) is 1. The van der Waals surface area contributed by atoms with Crippen molar-refractivity contribution in [3.8, 4) is 0 Å². The molecule has 3 unspecified atom stereocenters. The van der Waals surface area contributed by atoms with Crippen molar-refractivity contribution in [2.75, 3.05) is 19.8 Å². The molecule has 116 valence electrons. The molecular formula is C17H32N2O. The largest absolute Gasteiger partial charge is 0.380 e. The standard InChI is InChI=1S/C17H32N2O/c1-3-9-18-14-11-15-6-4-7-16(12-14)19(15)17(2)8-5-10-20-13-17/h14-16,18H,3-13H2,1-2H3. The van der Waals surface area contributed by atoms with Gasteiger partial charge in [-0.1, -0.05) is 13.3 Å². The minimum absolute atomic E-state index is 0.309. The van der Waals surface area contributed by atoms with E-state index in [1.54, 1.807) is 0 Å². The molecule has 1 N–H and O–H groups in total. The number of rotatable bonds is 4. The average Bonchev–Trinajstić information content (AvgIpc) is 2.45. The summed E-state index contributed by atoms with van der Waals surface area (Å²) in [4.78, 5) is 2.89. The van der Waals surface area contributed by atoms with E-state index < -0.39 is 0 Å². The number of ether oxygens (including phenoxy) is 1. The summed E-state index contributed by atoms with van der Waals surface area (Å²) < 4.78 is 5.84. The van der Waals surface area contributed by atoms with Gasteiger partial charge in [-0.2, -0.15) is 0 Å². The van der Waals surface area contributed by atoms with Gasteiger partial charge in [-0.05, 0) is 58.4 Å². The maximum Gasteiger partial charge on any atom is 0.0647 e. The van der Waals surface area contributed by atoms with E-state index >= 15 is 0 Å². The fraction of sp³-hybridized carbons (Fsp3) is 1.00. The molecule has 0 spiro atoms. The normalized spacial score (nSPS) is 42.6. The lowest BCUT2D eigenvalue weighted by Gasteiger charge is -2.57. The highest BCUT2D eigenvalue weighted by Gasteiger charge is 2.47. The molecule has 20 heavy (non-hydrogen) atoms. The summed E-state index contributed by atoms with van der Waals surface area (Å²) >= 11 is 0. The van der Waals surface area contributed by atoms with Gasteiger partial charge >= 0.3 is 0 Å². The van der Waals surface area contributed by atoms with Crippen molar-refractivity contribution in [2.24, 2.45) is 0 Å². The molecule has 0 aromatic heterocycles. The maximum atomic E-state index is 5.84. The Morgan fingerprint density at radius 3 is 2.55 bits per heavy atom. The van der Waals surface area contributed by atoms with Crippen LogP contribution in [0.5, 0.6) is 0 Å². The van der Waals surface area contributed by atoms with Gasteiger partial charge in [-0.3, -0.25) is 4.90 Å². The van der Waals surface area contributed by atoms with E-state index in [-0.39, 0.29) is 0 Å². The Morgan fingerprint density at radius 1 is 1.20 bits per heavy atom. The molecule has 3 fully saturated rings. The molecule has 3 heteroatoms. The van der Waals surface area contributed by atoms with Crippen LogP contribution in [-0.2, 0) is 4.74 Å². The smallest absolute Gasteiger partial charge is 0.0647 e. The number of hydrogen-bond donors (Lipinski definition) is 1. The molecule has 0 aromatic rings. The van der Waals surface area contributed by atoms with Crippen LogP contribution < -0.4 is 5.32 Å². The van der Waals surface area contributed by atoms with Crippen LogP contribution in [0.3, 0.4) is 0 Å². The molecule has 3 heterocycles. The zero-order valence-corrected chi connectivity index (χ0v) is 13.4. The summed E-state index contributed by atoms with van der Waals surface area (Å²) in [6.07, 6.45) is 10.8. The van der Waals surface area contributed by atoms with Gasteiger partial charge in [0.15, 0.2) is 0 Å². The number of hydrogen-bond acceptors (Lipinski definition) is 3. The zero-order valence-electron chi connectivity index (χ0n) is 13.4. The molecule has 3 aliphatic heterocycles. The van der Waals surface area contributed by atoms with Crippen molar-refractivity contribution in [3.63, 3.8) is 0 Å². The molecule has 0 radical (unpaired) electrons. The van der Waals surface area contributed by atoms with Crippen molar-refractivity contribution in [1.82, 2.24) is 10.2 Å². The van der Waals surface area contributed by atoms with Gasteiger partial charge in [0.05, 0.1) is 6.61 Å². The van der Waals surface area contributed by atoms with Crippen LogP contribution in [0, 0.1) is 0 Å². The highest BCUT2D eigenvalue weighted by Crippen LogP contribution is 2.41. The summed E-state index contributed by atoms with van der Waals surface area (Å²) in [5.74, 6) is 0. The Morgan fingerprint density at radius 2 is 1.95 bits per heavy atom. The number of fused-ring (bicyclic) bond motifs is 2. The number of nitrogens with one attached hydrogen (secondary N) is 1. The van der Waals surface area contributed by atoms with Gasteiger partial charge in [0.25, 0.3) is 0 Å². The molecule has 0 aromatic carbocycles. The Balaban J connectivity index is 1.69. The molecule has 3 saturated heterocycles. The highest BCUT2D eigenvalue weighted by atomic mass is 16.5. The van der Waals surface area contributed by atoms with E-state index in [0.29, 0.717) is 5.54 Å². The topological polar surface area (TPSA) is 24.5 Å². The summed E-state index contributed by atoms with van der Waals surface area (Å²) in [6, 6.07) is 2.35. The first kappa shape index (κ1) is 14.8. The Kier molecular flexibility index (Phi) is 4.68. The van der Waals surface area contributed by atoms with Crippen molar-refractivity contribution in [1.29, 1.82) is 0 Å². The van der Waals surface area contributed by atoms with Crippen molar-refractivity contribution in [3.05, 3.63) is 0 Å². The molecular weight excluding hydrogens is 248 g/mol. The van der Waals surface area contributed by atoms with E-state index in [0.717, 1.165) is 31.3 Å². The van der Waals surface area contributed by atoms with Crippen molar-refractivity contribution >= 4 is 0 Å². The SMILES string of the molecule is CCCNC1CC2CCCC(C1)N2C1(C)CCCOC1. The molecule has 3 aliphatic rings. The molecule has 0 saturated carbocycles. The Labute approximate surface area is 124 Å². The summed E-state index contributed by atoms with van der Waals surface area (Å²) in [5, 5.41) is 3.78. The molecule has 3 atom stereocenters. The van der Waals surface area contributed by atoms with Crippen molar-refractivity contribution in [2.45, 2.75) is 88.9 Å². The van der Waals surface area contributed by atoms with Crippen LogP contribution in [0.15, 0.2) is 0 Å². The number of piperidine rings is 2. The summed E-state index contributed by atoms with van der Waals surface area (Å²) in [6.45, 7) is 7.83.